The second kappa shape index (κ2) is 6.73. The van der Waals surface area contributed by atoms with Gasteiger partial charge in [0, 0.05) is 18.3 Å². The van der Waals surface area contributed by atoms with Gasteiger partial charge < -0.3 is 15.2 Å². The van der Waals surface area contributed by atoms with Crippen molar-refractivity contribution in [2.45, 2.75) is 20.0 Å². The van der Waals surface area contributed by atoms with Crippen LogP contribution in [0.25, 0.3) is 10.9 Å². The third kappa shape index (κ3) is 3.37. The molecule has 0 aliphatic heterocycles. The number of carbonyl (C=O) groups is 1. The molecule has 20 heavy (non-hydrogen) atoms. The number of hydrogen-bond acceptors (Lipinski definition) is 3. The maximum absolute atomic E-state index is 11.7. The van der Waals surface area contributed by atoms with Crippen molar-refractivity contribution in [2.75, 3.05) is 13.1 Å². The molecule has 104 valence electrons. The first-order valence-corrected chi connectivity index (χ1v) is 6.66. The summed E-state index contributed by atoms with van der Waals surface area (Å²) in [5.41, 5.74) is 2.23. The molecular weight excluding hydrogens is 252 g/mol. The number of rotatable bonds is 6. The Kier molecular flexibility index (Phi) is 4.75. The van der Waals surface area contributed by atoms with Crippen molar-refractivity contribution in [1.82, 2.24) is 15.2 Å². The Labute approximate surface area is 118 Å². The van der Waals surface area contributed by atoms with E-state index in [1.54, 1.807) is 0 Å². The first-order valence-electron chi connectivity index (χ1n) is 6.66. The van der Waals surface area contributed by atoms with Crippen molar-refractivity contribution in [2.24, 2.45) is 0 Å². The summed E-state index contributed by atoms with van der Waals surface area (Å²) in [6.07, 6.45) is 1.90. The molecule has 0 spiro atoms. The highest BCUT2D eigenvalue weighted by atomic mass is 16.1. The Morgan fingerprint density at radius 1 is 1.40 bits per heavy atom. The van der Waals surface area contributed by atoms with E-state index < -0.39 is 0 Å². The Hall–Kier alpha value is -2.32. The molecule has 0 radical (unpaired) electrons. The van der Waals surface area contributed by atoms with E-state index in [0.29, 0.717) is 0 Å². The van der Waals surface area contributed by atoms with E-state index in [-0.39, 0.29) is 19.0 Å². The molecule has 2 rings (SSSR count). The molecule has 5 nitrogen and oxygen atoms in total. The van der Waals surface area contributed by atoms with Gasteiger partial charge in [0.15, 0.2) is 0 Å². The lowest BCUT2D eigenvalue weighted by Crippen LogP contribution is -2.27. The zero-order valence-corrected chi connectivity index (χ0v) is 11.5. The van der Waals surface area contributed by atoms with Crippen LogP contribution in [-0.2, 0) is 17.9 Å². The fourth-order valence-corrected chi connectivity index (χ4v) is 2.10. The van der Waals surface area contributed by atoms with Gasteiger partial charge in [-0.2, -0.15) is 5.26 Å². The summed E-state index contributed by atoms with van der Waals surface area (Å²) in [4.78, 5) is 11.7. The average molecular weight is 270 g/mol. The van der Waals surface area contributed by atoms with Crippen LogP contribution in [0, 0.1) is 11.3 Å². The fraction of sp³-hybridized carbons (Fsp3) is 0.333. The van der Waals surface area contributed by atoms with Crippen LogP contribution in [0.3, 0.4) is 0 Å². The normalized spacial score (nSPS) is 10.4. The molecule has 2 N–H and O–H groups in total. The van der Waals surface area contributed by atoms with E-state index in [2.05, 4.69) is 35.8 Å². The minimum absolute atomic E-state index is 0.0453. The molecule has 0 saturated carbocycles. The molecule has 0 aliphatic carbocycles. The highest BCUT2D eigenvalue weighted by Gasteiger charge is 2.06. The number of fused-ring (bicyclic) bond motifs is 1. The van der Waals surface area contributed by atoms with Crippen molar-refractivity contribution in [3.05, 3.63) is 36.0 Å². The second-order valence-electron chi connectivity index (χ2n) is 4.55. The first-order chi connectivity index (χ1) is 9.74. The number of amides is 1. The van der Waals surface area contributed by atoms with E-state index in [4.69, 9.17) is 5.26 Å². The van der Waals surface area contributed by atoms with Crippen molar-refractivity contribution >= 4 is 16.8 Å². The summed E-state index contributed by atoms with van der Waals surface area (Å²) < 4.78 is 1.90. The molecule has 0 aliphatic rings. The number of aromatic nitrogens is 1. The Morgan fingerprint density at radius 3 is 3.00 bits per heavy atom. The number of benzene rings is 1. The molecule has 0 fully saturated rings. The van der Waals surface area contributed by atoms with Crippen LogP contribution < -0.4 is 10.6 Å². The van der Waals surface area contributed by atoms with E-state index in [1.807, 2.05) is 22.9 Å². The van der Waals surface area contributed by atoms with E-state index >= 15 is 0 Å². The fourth-order valence-electron chi connectivity index (χ4n) is 2.10. The predicted molar refractivity (Wildman–Crippen MR) is 77.9 cm³/mol. The topological polar surface area (TPSA) is 69.8 Å². The van der Waals surface area contributed by atoms with Crippen LogP contribution in [0.5, 0.6) is 0 Å². The Bertz CT molecular complexity index is 639. The van der Waals surface area contributed by atoms with Crippen molar-refractivity contribution in [3.8, 4) is 6.07 Å². The minimum Gasteiger partial charge on any atom is -0.341 e. The lowest BCUT2D eigenvalue weighted by molar-refractivity contribution is -0.121. The van der Waals surface area contributed by atoms with Crippen LogP contribution in [0.2, 0.25) is 0 Å². The molecule has 5 heteroatoms. The number of nitriles is 1. The van der Waals surface area contributed by atoms with Gasteiger partial charge in [0.05, 0.1) is 6.07 Å². The second-order valence-corrected chi connectivity index (χ2v) is 4.55. The van der Waals surface area contributed by atoms with E-state index in [0.717, 1.165) is 24.0 Å². The third-order valence-corrected chi connectivity index (χ3v) is 3.10. The maximum Gasteiger partial charge on any atom is 0.240 e. The predicted octanol–water partition coefficient (Wildman–Crippen LogP) is 1.39. The van der Waals surface area contributed by atoms with Gasteiger partial charge in [-0.05, 0) is 29.6 Å². The van der Waals surface area contributed by atoms with Gasteiger partial charge in [0.2, 0.25) is 5.91 Å². The van der Waals surface area contributed by atoms with Gasteiger partial charge in [-0.15, -0.1) is 0 Å². The zero-order valence-electron chi connectivity index (χ0n) is 11.5. The molecule has 1 aromatic carbocycles. The van der Waals surface area contributed by atoms with Crippen LogP contribution in [0.4, 0.5) is 0 Å². The third-order valence-electron chi connectivity index (χ3n) is 3.10. The van der Waals surface area contributed by atoms with Gasteiger partial charge in [0.25, 0.3) is 0 Å². The van der Waals surface area contributed by atoms with Crippen molar-refractivity contribution < 1.29 is 4.79 Å². The van der Waals surface area contributed by atoms with Crippen LogP contribution in [0.1, 0.15) is 12.5 Å². The Morgan fingerprint density at radius 2 is 2.25 bits per heavy atom. The molecule has 0 bridgehead atoms. The summed E-state index contributed by atoms with van der Waals surface area (Å²) in [5.74, 6) is -0.152. The smallest absolute Gasteiger partial charge is 0.240 e. The van der Waals surface area contributed by atoms with Gasteiger partial charge in [-0.3, -0.25) is 4.79 Å². The standard InChI is InChI=1S/C15H18N4O/c1-2-17-10-12-3-4-13-5-8-19(14(13)9-12)11-15(20)18-7-6-16/h3-5,8-9,17H,2,7,10-11H2,1H3,(H,18,20). The van der Waals surface area contributed by atoms with E-state index in [9.17, 15) is 4.79 Å². The molecule has 2 aromatic rings. The quantitative estimate of drug-likeness (QED) is 0.779. The van der Waals surface area contributed by atoms with E-state index in [1.165, 1.54) is 5.56 Å². The first kappa shape index (κ1) is 14.1. The van der Waals surface area contributed by atoms with Crippen molar-refractivity contribution in [3.63, 3.8) is 0 Å². The average Bonchev–Trinajstić information content (AvgIpc) is 2.85. The summed E-state index contributed by atoms with van der Waals surface area (Å²) in [7, 11) is 0. The maximum atomic E-state index is 11.7. The van der Waals surface area contributed by atoms with Crippen LogP contribution >= 0.6 is 0 Å². The monoisotopic (exact) mass is 270 g/mol. The van der Waals surface area contributed by atoms with Crippen LogP contribution in [-0.4, -0.2) is 23.6 Å². The largest absolute Gasteiger partial charge is 0.341 e. The van der Waals surface area contributed by atoms with Gasteiger partial charge >= 0.3 is 0 Å². The summed E-state index contributed by atoms with van der Waals surface area (Å²) in [6.45, 7) is 4.09. The number of hydrogen-bond donors (Lipinski definition) is 2. The van der Waals surface area contributed by atoms with Crippen molar-refractivity contribution in [1.29, 1.82) is 5.26 Å². The number of carbonyl (C=O) groups excluding carboxylic acids is 1. The molecule has 0 unspecified atom stereocenters. The molecular formula is C15H18N4O. The SMILES string of the molecule is CCNCc1ccc2ccn(CC(=O)NCC#N)c2c1. The summed E-state index contributed by atoms with van der Waals surface area (Å²) in [6, 6.07) is 10.1. The highest BCUT2D eigenvalue weighted by Crippen LogP contribution is 2.17. The number of nitrogens with zero attached hydrogens (tertiary/aromatic N) is 2. The molecule has 0 atom stereocenters. The van der Waals surface area contributed by atoms with Gasteiger partial charge in [-0.1, -0.05) is 19.1 Å². The zero-order chi connectivity index (χ0) is 14.4. The van der Waals surface area contributed by atoms with Gasteiger partial charge in [0.1, 0.15) is 13.1 Å². The highest BCUT2D eigenvalue weighted by molar-refractivity contribution is 5.83. The Balaban J connectivity index is 2.16. The minimum atomic E-state index is -0.152. The van der Waals surface area contributed by atoms with Gasteiger partial charge in [-0.25, -0.2) is 0 Å². The van der Waals surface area contributed by atoms with Crippen LogP contribution in [0.15, 0.2) is 30.5 Å². The number of nitrogens with one attached hydrogen (secondary N) is 2. The molecule has 1 amide bonds. The molecule has 0 saturated heterocycles. The lowest BCUT2D eigenvalue weighted by Gasteiger charge is -2.07. The molecule has 1 aromatic heterocycles. The lowest BCUT2D eigenvalue weighted by atomic mass is 10.1. The summed E-state index contributed by atoms with van der Waals surface area (Å²) in [5, 5.41) is 15.4. The molecule has 1 heterocycles. The summed E-state index contributed by atoms with van der Waals surface area (Å²) >= 11 is 0.